The normalized spacial score (nSPS) is 10.3. The molecule has 0 aliphatic rings. The lowest BCUT2D eigenvalue weighted by Gasteiger charge is -2.12. The molecule has 106 valence electrons. The largest absolute Gasteiger partial charge is 0.356 e. The second-order valence-corrected chi connectivity index (χ2v) is 3.90. The molecule has 5 nitrogen and oxygen atoms in total. The molecule has 0 aromatic rings. The van der Waals surface area contributed by atoms with Crippen LogP contribution in [0.3, 0.4) is 0 Å². The summed E-state index contributed by atoms with van der Waals surface area (Å²) < 4.78 is 0. The van der Waals surface area contributed by atoms with Gasteiger partial charge >= 0.3 is 0 Å². The Kier molecular flexibility index (Phi) is 13.7. The van der Waals surface area contributed by atoms with Gasteiger partial charge in [-0.25, -0.2) is 4.99 Å². The molecule has 2 N–H and O–H groups in total. The van der Waals surface area contributed by atoms with Gasteiger partial charge in [0.15, 0.2) is 5.96 Å². The summed E-state index contributed by atoms with van der Waals surface area (Å²) in [5.74, 6) is 0.647. The third-order valence-electron chi connectivity index (χ3n) is 2.11. The zero-order chi connectivity index (χ0) is 13.1. The molecule has 0 rings (SSSR count). The third kappa shape index (κ3) is 10.4. The molecule has 0 aromatic heterocycles. The van der Waals surface area contributed by atoms with Gasteiger partial charge in [0.25, 0.3) is 0 Å². The van der Waals surface area contributed by atoms with E-state index in [1.54, 1.807) is 20.2 Å². The number of nitrogens with one attached hydrogen (secondary N) is 2. The van der Waals surface area contributed by atoms with Crippen LogP contribution in [0.5, 0.6) is 0 Å². The molecule has 1 amide bonds. The van der Waals surface area contributed by atoms with Gasteiger partial charge in [0.1, 0.15) is 6.54 Å². The number of halogens is 1. The number of carbonyl (C=O) groups is 1. The van der Waals surface area contributed by atoms with Gasteiger partial charge in [-0.15, -0.1) is 30.6 Å². The van der Waals surface area contributed by atoms with Gasteiger partial charge < -0.3 is 15.5 Å². The molecule has 0 aromatic carbocycles. The van der Waals surface area contributed by atoms with Crippen molar-refractivity contribution in [2.45, 2.75) is 19.8 Å². The van der Waals surface area contributed by atoms with Gasteiger partial charge in [-0.3, -0.25) is 4.79 Å². The topological polar surface area (TPSA) is 56.7 Å². The molecule has 0 aliphatic carbocycles. The van der Waals surface area contributed by atoms with Crippen LogP contribution in [0.2, 0.25) is 0 Å². The van der Waals surface area contributed by atoms with Gasteiger partial charge in [-0.1, -0.05) is 19.4 Å². The SMILES string of the molecule is C=CCNC(=NCC(=O)N(C)C)NCCCC.I. The minimum absolute atomic E-state index is 0. The van der Waals surface area contributed by atoms with Crippen molar-refractivity contribution in [2.75, 3.05) is 33.7 Å². The number of amides is 1. The maximum Gasteiger partial charge on any atom is 0.243 e. The molecule has 0 spiro atoms. The molecule has 0 bridgehead atoms. The summed E-state index contributed by atoms with van der Waals surface area (Å²) in [6.45, 7) is 7.41. The molecule has 0 radical (unpaired) electrons. The number of rotatable bonds is 7. The standard InChI is InChI=1S/C12H24N4O.HI/c1-5-7-9-14-12(13-8-6-2)15-10-11(17)16(3)4;/h6H,2,5,7-10H2,1,3-4H3,(H2,13,14,15);1H. The highest BCUT2D eigenvalue weighted by Gasteiger charge is 2.03. The van der Waals surface area contributed by atoms with E-state index >= 15 is 0 Å². The molecular weight excluding hydrogens is 343 g/mol. The molecule has 18 heavy (non-hydrogen) atoms. The van der Waals surface area contributed by atoms with Crippen molar-refractivity contribution < 1.29 is 4.79 Å². The highest BCUT2D eigenvalue weighted by atomic mass is 127. The lowest BCUT2D eigenvalue weighted by Crippen LogP contribution is -2.39. The van der Waals surface area contributed by atoms with Crippen molar-refractivity contribution in [3.05, 3.63) is 12.7 Å². The maximum absolute atomic E-state index is 11.4. The van der Waals surface area contributed by atoms with Gasteiger partial charge in [-0.2, -0.15) is 0 Å². The second kappa shape index (κ2) is 12.7. The van der Waals surface area contributed by atoms with Gasteiger partial charge in [-0.05, 0) is 6.42 Å². The maximum atomic E-state index is 11.4. The Balaban J connectivity index is 0. The summed E-state index contributed by atoms with van der Waals surface area (Å²) in [6, 6.07) is 0. The van der Waals surface area contributed by atoms with Crippen LogP contribution in [0.25, 0.3) is 0 Å². The van der Waals surface area contributed by atoms with Crippen molar-refractivity contribution in [2.24, 2.45) is 4.99 Å². The number of aliphatic imine (C=N–C) groups is 1. The van der Waals surface area contributed by atoms with E-state index in [2.05, 4.69) is 29.1 Å². The minimum Gasteiger partial charge on any atom is -0.356 e. The summed E-state index contributed by atoms with van der Waals surface area (Å²) >= 11 is 0. The van der Waals surface area contributed by atoms with Crippen molar-refractivity contribution >= 4 is 35.8 Å². The van der Waals surface area contributed by atoms with E-state index in [1.807, 2.05) is 0 Å². The number of carbonyl (C=O) groups excluding carboxylic acids is 1. The number of unbranched alkanes of at least 4 members (excludes halogenated alkanes) is 1. The molecule has 0 atom stereocenters. The van der Waals surface area contributed by atoms with Crippen molar-refractivity contribution in [1.29, 1.82) is 0 Å². The minimum atomic E-state index is -0.0137. The lowest BCUT2D eigenvalue weighted by atomic mass is 10.3. The summed E-state index contributed by atoms with van der Waals surface area (Å²) in [5.41, 5.74) is 0. The van der Waals surface area contributed by atoms with Crippen LogP contribution in [0.4, 0.5) is 0 Å². The molecule has 0 fully saturated rings. The second-order valence-electron chi connectivity index (χ2n) is 3.90. The first-order valence-corrected chi connectivity index (χ1v) is 5.95. The quantitative estimate of drug-likeness (QED) is 0.234. The van der Waals surface area contributed by atoms with Crippen LogP contribution in [-0.4, -0.2) is 50.5 Å². The fourth-order valence-corrected chi connectivity index (χ4v) is 1.01. The molecule has 0 aliphatic heterocycles. The van der Waals surface area contributed by atoms with Crippen LogP contribution in [0.1, 0.15) is 19.8 Å². The van der Waals surface area contributed by atoms with E-state index in [9.17, 15) is 4.79 Å². The van der Waals surface area contributed by atoms with Crippen LogP contribution < -0.4 is 10.6 Å². The van der Waals surface area contributed by atoms with Crippen molar-refractivity contribution in [1.82, 2.24) is 15.5 Å². The average Bonchev–Trinajstić information content (AvgIpc) is 2.31. The first-order valence-electron chi connectivity index (χ1n) is 5.95. The highest BCUT2D eigenvalue weighted by molar-refractivity contribution is 14.0. The Morgan fingerprint density at radius 1 is 1.39 bits per heavy atom. The smallest absolute Gasteiger partial charge is 0.243 e. The van der Waals surface area contributed by atoms with E-state index in [4.69, 9.17) is 0 Å². The fraction of sp³-hybridized carbons (Fsp3) is 0.667. The Bertz CT molecular complexity index is 267. The van der Waals surface area contributed by atoms with Gasteiger partial charge in [0.2, 0.25) is 5.91 Å². The van der Waals surface area contributed by atoms with Crippen LogP contribution >= 0.6 is 24.0 Å². The first-order chi connectivity index (χ1) is 8.11. The lowest BCUT2D eigenvalue weighted by molar-refractivity contribution is -0.127. The predicted octanol–water partition coefficient (Wildman–Crippen LogP) is 1.21. The molecule has 0 unspecified atom stereocenters. The molecule has 6 heteroatoms. The number of nitrogens with zero attached hydrogens (tertiary/aromatic N) is 2. The molecular formula is C12H25IN4O. The van der Waals surface area contributed by atoms with Crippen molar-refractivity contribution in [3.8, 4) is 0 Å². The summed E-state index contributed by atoms with van der Waals surface area (Å²) in [7, 11) is 3.44. The molecule has 0 saturated carbocycles. The Hall–Kier alpha value is -0.790. The summed E-state index contributed by atoms with van der Waals surface area (Å²) in [5, 5.41) is 6.24. The zero-order valence-corrected chi connectivity index (χ0v) is 13.9. The highest BCUT2D eigenvalue weighted by Crippen LogP contribution is 1.84. The molecule has 0 saturated heterocycles. The number of likely N-dealkylation sites (N-methyl/N-ethyl adjacent to an activating group) is 1. The number of guanidine groups is 1. The van der Waals surface area contributed by atoms with E-state index < -0.39 is 0 Å². The van der Waals surface area contributed by atoms with Crippen LogP contribution in [0.15, 0.2) is 17.6 Å². The van der Waals surface area contributed by atoms with Crippen LogP contribution in [-0.2, 0) is 4.79 Å². The summed E-state index contributed by atoms with van der Waals surface area (Å²) in [4.78, 5) is 17.1. The Morgan fingerprint density at radius 2 is 2.06 bits per heavy atom. The van der Waals surface area contributed by atoms with E-state index in [0.717, 1.165) is 19.4 Å². The molecule has 0 heterocycles. The van der Waals surface area contributed by atoms with Crippen molar-refractivity contribution in [3.63, 3.8) is 0 Å². The average molecular weight is 368 g/mol. The Labute approximate surface area is 127 Å². The monoisotopic (exact) mass is 368 g/mol. The fourth-order valence-electron chi connectivity index (χ4n) is 1.01. The van der Waals surface area contributed by atoms with E-state index in [1.165, 1.54) is 4.90 Å². The van der Waals surface area contributed by atoms with E-state index in [0.29, 0.717) is 12.5 Å². The number of hydrogen-bond acceptors (Lipinski definition) is 2. The van der Waals surface area contributed by atoms with Gasteiger partial charge in [0, 0.05) is 27.2 Å². The zero-order valence-electron chi connectivity index (χ0n) is 11.5. The Morgan fingerprint density at radius 3 is 2.56 bits per heavy atom. The summed E-state index contributed by atoms with van der Waals surface area (Å²) in [6.07, 6.45) is 3.96. The third-order valence-corrected chi connectivity index (χ3v) is 2.11. The predicted molar refractivity (Wildman–Crippen MR) is 87.5 cm³/mol. The van der Waals surface area contributed by atoms with Crippen LogP contribution in [0, 0.1) is 0 Å². The van der Waals surface area contributed by atoms with E-state index in [-0.39, 0.29) is 36.4 Å². The number of hydrogen-bond donors (Lipinski definition) is 2. The first kappa shape index (κ1) is 19.5. The van der Waals surface area contributed by atoms with Gasteiger partial charge in [0.05, 0.1) is 0 Å².